The largest absolute Gasteiger partial charge is 0.372 e. The van der Waals surface area contributed by atoms with Gasteiger partial charge >= 0.3 is 0 Å². The Kier molecular flexibility index (Phi) is 8.39. The minimum absolute atomic E-state index is 0.600. The molecule has 0 amide bonds. The second-order valence-electron chi connectivity index (χ2n) is 6.02. The molecular formula is C17H35N. The molecule has 0 aliphatic rings. The Morgan fingerprint density at radius 3 is 1.78 bits per heavy atom. The van der Waals surface area contributed by atoms with E-state index in [1.54, 1.807) is 0 Å². The molecule has 0 aromatic carbocycles. The first-order valence-electron chi connectivity index (χ1n) is 7.81. The molecule has 0 heterocycles. The van der Waals surface area contributed by atoms with Crippen molar-refractivity contribution in [2.24, 2.45) is 11.8 Å². The molecule has 1 atom stereocenters. The molecule has 0 bridgehead atoms. The third-order valence-corrected chi connectivity index (χ3v) is 4.54. The Balaban J connectivity index is 4.84. The number of hydrogen-bond donors (Lipinski definition) is 0. The van der Waals surface area contributed by atoms with E-state index in [2.05, 4.69) is 60.3 Å². The van der Waals surface area contributed by atoms with E-state index in [-0.39, 0.29) is 0 Å². The van der Waals surface area contributed by atoms with Gasteiger partial charge in [0, 0.05) is 18.3 Å². The van der Waals surface area contributed by atoms with Crippen LogP contribution in [0.25, 0.3) is 0 Å². The molecule has 0 aromatic heterocycles. The fraction of sp³-hybridized carbons (Fsp3) is 0.882. The van der Waals surface area contributed by atoms with Crippen LogP contribution in [0.1, 0.15) is 74.7 Å². The lowest BCUT2D eigenvalue weighted by Gasteiger charge is -2.35. The van der Waals surface area contributed by atoms with Crippen LogP contribution in [-0.2, 0) is 0 Å². The molecule has 18 heavy (non-hydrogen) atoms. The van der Waals surface area contributed by atoms with Gasteiger partial charge in [-0.25, -0.2) is 0 Å². The summed E-state index contributed by atoms with van der Waals surface area (Å²) in [7, 11) is 0. The van der Waals surface area contributed by atoms with Gasteiger partial charge in [0.05, 0.1) is 0 Å². The smallest absolute Gasteiger partial charge is 0.0230 e. The van der Waals surface area contributed by atoms with Crippen LogP contribution in [0.15, 0.2) is 11.3 Å². The van der Waals surface area contributed by atoms with Crippen LogP contribution in [-0.4, -0.2) is 17.5 Å². The maximum absolute atomic E-state index is 2.60. The van der Waals surface area contributed by atoms with Crippen LogP contribution in [0.3, 0.4) is 0 Å². The van der Waals surface area contributed by atoms with E-state index >= 15 is 0 Å². The SMILES string of the molecule is CCC(C)=C(C)N(CC(C)C(CC)CC)C(C)C. The molecule has 108 valence electrons. The fourth-order valence-electron chi connectivity index (χ4n) is 2.79. The van der Waals surface area contributed by atoms with Gasteiger partial charge in [0.25, 0.3) is 0 Å². The zero-order valence-corrected chi connectivity index (χ0v) is 14.0. The van der Waals surface area contributed by atoms with Gasteiger partial charge in [-0.2, -0.15) is 0 Å². The number of hydrogen-bond acceptors (Lipinski definition) is 1. The predicted molar refractivity (Wildman–Crippen MR) is 83.7 cm³/mol. The quantitative estimate of drug-likeness (QED) is 0.554. The molecule has 1 heteroatoms. The normalized spacial score (nSPS) is 15.0. The molecule has 0 saturated carbocycles. The summed E-state index contributed by atoms with van der Waals surface area (Å²) in [6.45, 7) is 19.7. The molecule has 1 unspecified atom stereocenters. The van der Waals surface area contributed by atoms with E-state index in [1.807, 2.05) is 0 Å². The lowest BCUT2D eigenvalue weighted by atomic mass is 9.88. The maximum atomic E-state index is 2.60. The Labute approximate surface area is 116 Å². The fourth-order valence-corrected chi connectivity index (χ4v) is 2.79. The van der Waals surface area contributed by atoms with Crippen LogP contribution in [0.4, 0.5) is 0 Å². The van der Waals surface area contributed by atoms with E-state index in [4.69, 9.17) is 0 Å². The Hall–Kier alpha value is -0.460. The van der Waals surface area contributed by atoms with Crippen LogP contribution >= 0.6 is 0 Å². The highest BCUT2D eigenvalue weighted by atomic mass is 15.2. The van der Waals surface area contributed by atoms with Crippen LogP contribution in [0.5, 0.6) is 0 Å². The molecule has 1 nitrogen and oxygen atoms in total. The molecule has 0 aliphatic heterocycles. The first-order valence-corrected chi connectivity index (χ1v) is 7.81. The molecule has 0 fully saturated rings. The van der Waals surface area contributed by atoms with Gasteiger partial charge in [0.2, 0.25) is 0 Å². The van der Waals surface area contributed by atoms with Gasteiger partial charge in [-0.1, -0.05) is 46.1 Å². The highest BCUT2D eigenvalue weighted by Crippen LogP contribution is 2.24. The summed E-state index contributed by atoms with van der Waals surface area (Å²) in [5.41, 5.74) is 3.02. The molecular weight excluding hydrogens is 218 g/mol. The van der Waals surface area contributed by atoms with Gasteiger partial charge in [0.1, 0.15) is 0 Å². The summed E-state index contributed by atoms with van der Waals surface area (Å²) in [6, 6.07) is 0.600. The summed E-state index contributed by atoms with van der Waals surface area (Å²) in [6.07, 6.45) is 3.77. The van der Waals surface area contributed by atoms with Crippen molar-refractivity contribution in [3.8, 4) is 0 Å². The predicted octanol–water partition coefficient (Wildman–Crippen LogP) is 5.47. The molecule has 0 spiro atoms. The van der Waals surface area contributed by atoms with E-state index in [0.29, 0.717) is 6.04 Å². The summed E-state index contributed by atoms with van der Waals surface area (Å²) >= 11 is 0. The zero-order chi connectivity index (χ0) is 14.3. The van der Waals surface area contributed by atoms with Crippen molar-refractivity contribution in [3.05, 3.63) is 11.3 Å². The van der Waals surface area contributed by atoms with Crippen molar-refractivity contribution in [2.45, 2.75) is 80.7 Å². The summed E-state index contributed by atoms with van der Waals surface area (Å²) in [4.78, 5) is 2.60. The highest BCUT2D eigenvalue weighted by Gasteiger charge is 2.19. The highest BCUT2D eigenvalue weighted by molar-refractivity contribution is 5.09. The first kappa shape index (κ1) is 17.5. The van der Waals surface area contributed by atoms with Crippen molar-refractivity contribution >= 4 is 0 Å². The van der Waals surface area contributed by atoms with Gasteiger partial charge in [0.15, 0.2) is 0 Å². The molecule has 0 radical (unpaired) electrons. The van der Waals surface area contributed by atoms with Crippen molar-refractivity contribution in [1.82, 2.24) is 4.90 Å². The third kappa shape index (κ3) is 5.04. The lowest BCUT2D eigenvalue weighted by Crippen LogP contribution is -2.35. The van der Waals surface area contributed by atoms with E-state index < -0.39 is 0 Å². The Morgan fingerprint density at radius 2 is 1.44 bits per heavy atom. The van der Waals surface area contributed by atoms with Crippen molar-refractivity contribution in [1.29, 1.82) is 0 Å². The number of rotatable bonds is 8. The monoisotopic (exact) mass is 253 g/mol. The molecule has 0 N–H and O–H groups in total. The average Bonchev–Trinajstić information content (AvgIpc) is 2.35. The number of allylic oxidation sites excluding steroid dienone is 2. The van der Waals surface area contributed by atoms with Gasteiger partial charge in [-0.05, 0) is 46.0 Å². The standard InChI is InChI=1S/C17H35N/c1-9-14(6)16(8)18(13(4)5)12-15(7)17(10-2)11-3/h13,15,17H,9-12H2,1-8H3. The van der Waals surface area contributed by atoms with Crippen molar-refractivity contribution in [2.75, 3.05) is 6.54 Å². The second-order valence-corrected chi connectivity index (χ2v) is 6.02. The zero-order valence-electron chi connectivity index (χ0n) is 14.0. The van der Waals surface area contributed by atoms with Crippen LogP contribution in [0, 0.1) is 11.8 Å². The Bertz CT molecular complexity index is 248. The van der Waals surface area contributed by atoms with Crippen molar-refractivity contribution < 1.29 is 0 Å². The maximum Gasteiger partial charge on any atom is 0.0230 e. The van der Waals surface area contributed by atoms with E-state index in [0.717, 1.165) is 18.3 Å². The van der Waals surface area contributed by atoms with E-state index in [1.165, 1.54) is 30.7 Å². The van der Waals surface area contributed by atoms with Gasteiger partial charge < -0.3 is 4.90 Å². The number of nitrogens with zero attached hydrogens (tertiary/aromatic N) is 1. The van der Waals surface area contributed by atoms with Crippen LogP contribution < -0.4 is 0 Å². The second kappa shape index (κ2) is 8.61. The van der Waals surface area contributed by atoms with E-state index in [9.17, 15) is 0 Å². The van der Waals surface area contributed by atoms with Gasteiger partial charge in [-0.3, -0.25) is 0 Å². The summed E-state index contributed by atoms with van der Waals surface area (Å²) < 4.78 is 0. The Morgan fingerprint density at radius 1 is 0.944 bits per heavy atom. The average molecular weight is 253 g/mol. The molecule has 0 rings (SSSR count). The minimum atomic E-state index is 0.600. The topological polar surface area (TPSA) is 3.24 Å². The lowest BCUT2D eigenvalue weighted by molar-refractivity contribution is 0.198. The summed E-state index contributed by atoms with van der Waals surface area (Å²) in [5.74, 6) is 1.64. The molecule has 0 aliphatic carbocycles. The van der Waals surface area contributed by atoms with Gasteiger partial charge in [-0.15, -0.1) is 0 Å². The third-order valence-electron chi connectivity index (χ3n) is 4.54. The van der Waals surface area contributed by atoms with Crippen LogP contribution in [0.2, 0.25) is 0 Å². The minimum Gasteiger partial charge on any atom is -0.372 e. The molecule has 0 aromatic rings. The van der Waals surface area contributed by atoms with Crippen molar-refractivity contribution in [3.63, 3.8) is 0 Å². The first-order chi connectivity index (χ1) is 8.38. The molecule has 0 saturated heterocycles. The summed E-state index contributed by atoms with van der Waals surface area (Å²) in [5, 5.41) is 0.